The second-order valence-electron chi connectivity index (χ2n) is 9.34. The minimum Gasteiger partial charge on any atom is -0.338 e. The Hall–Kier alpha value is -2.65. The summed E-state index contributed by atoms with van der Waals surface area (Å²) in [4.78, 5) is 15.5. The van der Waals surface area contributed by atoms with Gasteiger partial charge in [-0.1, -0.05) is 13.3 Å². The van der Waals surface area contributed by atoms with Crippen molar-refractivity contribution in [2.45, 2.75) is 63.4 Å². The third kappa shape index (κ3) is 4.38. The van der Waals surface area contributed by atoms with Gasteiger partial charge in [-0.25, -0.2) is 13.1 Å². The third-order valence-electron chi connectivity index (χ3n) is 5.63. The van der Waals surface area contributed by atoms with Crippen LogP contribution >= 0.6 is 0 Å². The molecule has 166 valence electrons. The van der Waals surface area contributed by atoms with E-state index >= 15 is 0 Å². The van der Waals surface area contributed by atoms with Gasteiger partial charge >= 0.3 is 0 Å². The fraction of sp³-hybridized carbons (Fsp3) is 0.455. The van der Waals surface area contributed by atoms with E-state index in [2.05, 4.69) is 21.9 Å². The van der Waals surface area contributed by atoms with Crippen molar-refractivity contribution in [2.24, 2.45) is 5.92 Å². The van der Waals surface area contributed by atoms with Gasteiger partial charge in [-0.2, -0.15) is 5.10 Å². The number of rotatable bonds is 5. The first-order valence-corrected chi connectivity index (χ1v) is 12.0. The zero-order valence-electron chi connectivity index (χ0n) is 18.3. The maximum absolute atomic E-state index is 12.6. The highest BCUT2D eigenvalue weighted by Gasteiger charge is 2.28. The van der Waals surface area contributed by atoms with E-state index in [1.165, 1.54) is 0 Å². The van der Waals surface area contributed by atoms with Crippen molar-refractivity contribution >= 4 is 32.4 Å². The Kier molecular flexibility index (Phi) is 5.43. The summed E-state index contributed by atoms with van der Waals surface area (Å²) >= 11 is 0. The van der Waals surface area contributed by atoms with E-state index in [-0.39, 0.29) is 16.5 Å². The Morgan fingerprint density at radius 2 is 1.84 bits per heavy atom. The lowest BCUT2D eigenvalue weighted by Gasteiger charge is -2.20. The maximum atomic E-state index is 12.6. The average molecular weight is 444 g/mol. The molecule has 1 fully saturated rings. The molecule has 8 nitrogen and oxygen atoms in total. The molecule has 0 saturated heterocycles. The number of anilines is 2. The molecule has 0 amide bonds. The highest BCUT2D eigenvalue weighted by Crippen LogP contribution is 2.38. The van der Waals surface area contributed by atoms with Crippen LogP contribution in [-0.2, 0) is 10.0 Å². The Morgan fingerprint density at radius 3 is 2.45 bits per heavy atom. The van der Waals surface area contributed by atoms with Crippen molar-refractivity contribution in [1.29, 1.82) is 0 Å². The quantitative estimate of drug-likeness (QED) is 0.554. The summed E-state index contributed by atoms with van der Waals surface area (Å²) in [6.07, 6.45) is 4.99. The first-order chi connectivity index (χ1) is 14.5. The molecule has 1 aliphatic rings. The van der Waals surface area contributed by atoms with Crippen LogP contribution in [0.3, 0.4) is 0 Å². The van der Waals surface area contributed by atoms with Crippen LogP contribution < -0.4 is 15.6 Å². The van der Waals surface area contributed by atoms with Crippen LogP contribution in [-0.4, -0.2) is 28.7 Å². The largest absolute Gasteiger partial charge is 0.338 e. The maximum Gasteiger partial charge on any atom is 0.261 e. The second-order valence-corrected chi connectivity index (χ2v) is 11.0. The molecule has 1 saturated carbocycles. The molecule has 0 radical (unpaired) electrons. The monoisotopic (exact) mass is 443 g/mol. The third-order valence-corrected chi connectivity index (χ3v) is 7.40. The summed E-state index contributed by atoms with van der Waals surface area (Å²) in [5.41, 5.74) is 0.688. The number of aromatic nitrogens is 3. The average Bonchev–Trinajstić information content (AvgIpc) is 3.24. The first kappa shape index (κ1) is 21.6. The molecule has 2 aromatic heterocycles. The van der Waals surface area contributed by atoms with Crippen LogP contribution in [0.25, 0.3) is 10.9 Å². The van der Waals surface area contributed by atoms with Crippen LogP contribution in [0.15, 0.2) is 46.2 Å². The molecule has 1 aromatic carbocycles. The van der Waals surface area contributed by atoms with Gasteiger partial charge < -0.3 is 10.3 Å². The molecule has 0 aliphatic heterocycles. The SMILES string of the molecule is C[C@H]1CCCC1n1nc(Nc2ccc(S(=O)(=O)NC(C)(C)C)cc2)c2c(=O)[nH]ccc21. The van der Waals surface area contributed by atoms with Crippen LogP contribution in [0, 0.1) is 5.92 Å². The summed E-state index contributed by atoms with van der Waals surface area (Å²) in [6, 6.07) is 8.58. The number of nitrogens with zero attached hydrogens (tertiary/aromatic N) is 2. The van der Waals surface area contributed by atoms with Gasteiger partial charge in [-0.15, -0.1) is 0 Å². The van der Waals surface area contributed by atoms with Crippen molar-refractivity contribution in [1.82, 2.24) is 19.5 Å². The predicted molar refractivity (Wildman–Crippen MR) is 122 cm³/mol. The fourth-order valence-electron chi connectivity index (χ4n) is 4.25. The lowest BCUT2D eigenvalue weighted by Crippen LogP contribution is -2.40. The molecule has 2 atom stereocenters. The van der Waals surface area contributed by atoms with Gasteiger partial charge in [0.15, 0.2) is 5.82 Å². The van der Waals surface area contributed by atoms with Gasteiger partial charge in [0.2, 0.25) is 10.0 Å². The molecule has 3 aromatic rings. The lowest BCUT2D eigenvalue weighted by atomic mass is 10.1. The van der Waals surface area contributed by atoms with Gasteiger partial charge in [0, 0.05) is 17.4 Å². The van der Waals surface area contributed by atoms with E-state index in [9.17, 15) is 13.2 Å². The number of sulfonamides is 1. The number of H-pyrrole nitrogens is 1. The summed E-state index contributed by atoms with van der Waals surface area (Å²) in [5.74, 6) is 0.967. The molecular weight excluding hydrogens is 414 g/mol. The Bertz CT molecular complexity index is 1250. The highest BCUT2D eigenvalue weighted by molar-refractivity contribution is 7.89. The molecule has 1 aliphatic carbocycles. The van der Waals surface area contributed by atoms with Crippen LogP contribution in [0.4, 0.5) is 11.5 Å². The van der Waals surface area contributed by atoms with Crippen LogP contribution in [0.1, 0.15) is 53.0 Å². The van der Waals surface area contributed by atoms with Gasteiger partial charge in [0.05, 0.1) is 16.5 Å². The van der Waals surface area contributed by atoms with Crippen LogP contribution in [0.2, 0.25) is 0 Å². The molecule has 1 unspecified atom stereocenters. The number of aromatic amines is 1. The minimum atomic E-state index is -3.61. The van der Waals surface area contributed by atoms with Crippen molar-refractivity contribution in [3.8, 4) is 0 Å². The predicted octanol–water partition coefficient (Wildman–Crippen LogP) is 3.91. The van der Waals surface area contributed by atoms with Gasteiger partial charge in [-0.3, -0.25) is 9.48 Å². The highest BCUT2D eigenvalue weighted by atomic mass is 32.2. The van der Waals surface area contributed by atoms with Gasteiger partial charge in [0.25, 0.3) is 5.56 Å². The zero-order chi connectivity index (χ0) is 22.4. The van der Waals surface area contributed by atoms with Gasteiger partial charge in [0.1, 0.15) is 5.39 Å². The first-order valence-electron chi connectivity index (χ1n) is 10.6. The Morgan fingerprint density at radius 1 is 1.13 bits per heavy atom. The minimum absolute atomic E-state index is 0.181. The van der Waals surface area contributed by atoms with Crippen LogP contribution in [0.5, 0.6) is 0 Å². The van der Waals surface area contributed by atoms with Crippen molar-refractivity contribution in [2.75, 3.05) is 5.32 Å². The number of hydrogen-bond acceptors (Lipinski definition) is 5. The van der Waals surface area contributed by atoms with E-state index in [1.54, 1.807) is 51.2 Å². The Balaban J connectivity index is 1.67. The number of pyridine rings is 1. The van der Waals surface area contributed by atoms with E-state index in [0.717, 1.165) is 24.8 Å². The molecule has 3 N–H and O–H groups in total. The number of hydrogen-bond donors (Lipinski definition) is 3. The summed E-state index contributed by atoms with van der Waals surface area (Å²) in [5, 5.41) is 8.47. The number of nitrogens with one attached hydrogen (secondary N) is 3. The van der Waals surface area contributed by atoms with E-state index < -0.39 is 15.6 Å². The smallest absolute Gasteiger partial charge is 0.261 e. The van der Waals surface area contributed by atoms with Crippen molar-refractivity contribution in [3.05, 3.63) is 46.9 Å². The fourth-order valence-corrected chi connectivity index (χ4v) is 5.66. The molecule has 0 bridgehead atoms. The summed E-state index contributed by atoms with van der Waals surface area (Å²) in [7, 11) is -3.61. The molecular formula is C22H29N5O3S. The van der Waals surface area contributed by atoms with E-state index in [4.69, 9.17) is 5.10 Å². The van der Waals surface area contributed by atoms with Crippen molar-refractivity contribution < 1.29 is 8.42 Å². The lowest BCUT2D eigenvalue weighted by molar-refractivity contribution is 0.386. The summed E-state index contributed by atoms with van der Waals surface area (Å²) < 4.78 is 29.7. The molecule has 2 heterocycles. The normalized spacial score (nSPS) is 19.7. The molecule has 9 heteroatoms. The molecule has 0 spiro atoms. The molecule has 4 rings (SSSR count). The van der Waals surface area contributed by atoms with E-state index in [1.807, 2.05) is 10.7 Å². The van der Waals surface area contributed by atoms with Crippen molar-refractivity contribution in [3.63, 3.8) is 0 Å². The van der Waals surface area contributed by atoms with Gasteiger partial charge in [-0.05, 0) is 69.9 Å². The zero-order valence-corrected chi connectivity index (χ0v) is 19.1. The molecule has 31 heavy (non-hydrogen) atoms. The van der Waals surface area contributed by atoms with E-state index in [0.29, 0.717) is 22.8 Å². The number of benzene rings is 1. The topological polar surface area (TPSA) is 109 Å². The number of fused-ring (bicyclic) bond motifs is 1. The second kappa shape index (κ2) is 7.80. The summed E-state index contributed by atoms with van der Waals surface area (Å²) in [6.45, 7) is 7.61. The Labute approximate surface area is 182 Å². The standard InChI is InChI=1S/C22H29N5O3S/c1-14-6-5-7-17(14)27-18-12-13-23-21(28)19(18)20(25-27)24-15-8-10-16(11-9-15)31(29,30)26-22(2,3)4/h8-14,17,26H,5-7H2,1-4H3,(H,23,28)(H,24,25)/t14-,17?/m0/s1.